The van der Waals surface area contributed by atoms with Crippen molar-refractivity contribution < 1.29 is 14.3 Å². The molecule has 0 spiro atoms. The minimum absolute atomic E-state index is 0.0686. The van der Waals surface area contributed by atoms with Gasteiger partial charge in [0.25, 0.3) is 0 Å². The monoisotopic (exact) mass is 248 g/mol. The van der Waals surface area contributed by atoms with Crippen molar-refractivity contribution in [1.82, 2.24) is 10.3 Å². The van der Waals surface area contributed by atoms with Gasteiger partial charge >= 0.3 is 5.97 Å². The first-order valence-corrected chi connectivity index (χ1v) is 5.65. The predicted molar refractivity (Wildman–Crippen MR) is 66.6 cm³/mol. The highest BCUT2D eigenvalue weighted by molar-refractivity contribution is 5.87. The Labute approximate surface area is 106 Å². The number of rotatable bonds is 6. The van der Waals surface area contributed by atoms with Crippen LogP contribution in [0.1, 0.15) is 24.9 Å². The highest BCUT2D eigenvalue weighted by Crippen LogP contribution is 2.16. The van der Waals surface area contributed by atoms with Crippen LogP contribution in [0.3, 0.4) is 0 Å². The van der Waals surface area contributed by atoms with Crippen molar-refractivity contribution >= 4 is 11.9 Å². The summed E-state index contributed by atoms with van der Waals surface area (Å²) < 4.78 is 4.87. The summed E-state index contributed by atoms with van der Waals surface area (Å²) in [6.07, 6.45) is 4.46. The van der Waals surface area contributed by atoms with Crippen molar-refractivity contribution in [3.05, 3.63) is 42.7 Å². The van der Waals surface area contributed by atoms with E-state index >= 15 is 0 Å². The van der Waals surface area contributed by atoms with Gasteiger partial charge in [0.05, 0.1) is 19.1 Å². The summed E-state index contributed by atoms with van der Waals surface area (Å²) in [6.45, 7) is 5.43. The molecule has 0 aliphatic heterocycles. The SMILES string of the molecule is C=CC(=O)N[C@@H](CC(=O)OCC)c1cccnc1. The van der Waals surface area contributed by atoms with Crippen LogP contribution in [-0.4, -0.2) is 23.5 Å². The second-order valence-electron chi connectivity index (χ2n) is 3.56. The van der Waals surface area contributed by atoms with Gasteiger partial charge in [-0.15, -0.1) is 0 Å². The van der Waals surface area contributed by atoms with Gasteiger partial charge in [-0.3, -0.25) is 14.6 Å². The summed E-state index contributed by atoms with van der Waals surface area (Å²) in [6, 6.07) is 3.08. The molecular formula is C13H16N2O3. The third-order valence-corrected chi connectivity index (χ3v) is 2.26. The van der Waals surface area contributed by atoms with Gasteiger partial charge in [-0.25, -0.2) is 0 Å². The molecule has 0 fully saturated rings. The third kappa shape index (κ3) is 4.37. The second-order valence-corrected chi connectivity index (χ2v) is 3.56. The van der Waals surface area contributed by atoms with Gasteiger partial charge in [-0.05, 0) is 24.6 Å². The number of esters is 1. The lowest BCUT2D eigenvalue weighted by Gasteiger charge is -2.17. The molecular weight excluding hydrogens is 232 g/mol. The summed E-state index contributed by atoms with van der Waals surface area (Å²) >= 11 is 0. The zero-order valence-corrected chi connectivity index (χ0v) is 10.3. The molecule has 1 N–H and O–H groups in total. The topological polar surface area (TPSA) is 68.3 Å². The molecule has 1 aromatic rings. The number of aromatic nitrogens is 1. The number of hydrogen-bond donors (Lipinski definition) is 1. The summed E-state index contributed by atoms with van der Waals surface area (Å²) in [5.74, 6) is -0.705. The minimum Gasteiger partial charge on any atom is -0.466 e. The number of amides is 1. The minimum atomic E-state index is -0.455. The van der Waals surface area contributed by atoms with Gasteiger partial charge in [0.2, 0.25) is 5.91 Å². The number of ether oxygens (including phenoxy) is 1. The van der Waals surface area contributed by atoms with Crippen molar-refractivity contribution in [2.45, 2.75) is 19.4 Å². The molecule has 1 amide bonds. The summed E-state index contributed by atoms with van der Waals surface area (Å²) in [5.41, 5.74) is 0.751. The first-order chi connectivity index (χ1) is 8.67. The molecule has 18 heavy (non-hydrogen) atoms. The Morgan fingerprint density at radius 3 is 2.94 bits per heavy atom. The van der Waals surface area contributed by atoms with E-state index in [2.05, 4.69) is 16.9 Å². The number of carbonyl (C=O) groups is 2. The standard InChI is InChI=1S/C13H16N2O3/c1-3-12(16)15-11(8-13(17)18-4-2)10-6-5-7-14-9-10/h3,5-7,9,11H,1,4,8H2,2H3,(H,15,16)/t11-/m0/s1. The second kappa shape index (κ2) is 7.21. The Balaban J connectivity index is 2.78. The number of carbonyl (C=O) groups excluding carboxylic acids is 2. The molecule has 96 valence electrons. The number of nitrogens with one attached hydrogen (secondary N) is 1. The molecule has 0 aromatic carbocycles. The number of hydrogen-bond acceptors (Lipinski definition) is 4. The molecule has 1 heterocycles. The molecule has 5 nitrogen and oxygen atoms in total. The first-order valence-electron chi connectivity index (χ1n) is 5.65. The quantitative estimate of drug-likeness (QED) is 0.610. The van der Waals surface area contributed by atoms with E-state index in [4.69, 9.17) is 4.74 Å². The molecule has 0 aliphatic carbocycles. The zero-order valence-electron chi connectivity index (χ0n) is 10.3. The molecule has 1 atom stereocenters. The Kier molecular flexibility index (Phi) is 5.57. The van der Waals surface area contributed by atoms with E-state index in [-0.39, 0.29) is 18.3 Å². The Bertz CT molecular complexity index is 418. The van der Waals surface area contributed by atoms with Crippen LogP contribution in [0.5, 0.6) is 0 Å². The van der Waals surface area contributed by atoms with Crippen LogP contribution >= 0.6 is 0 Å². The van der Waals surface area contributed by atoms with E-state index in [1.807, 2.05) is 0 Å². The average molecular weight is 248 g/mol. The fourth-order valence-corrected chi connectivity index (χ4v) is 1.45. The average Bonchev–Trinajstić information content (AvgIpc) is 2.39. The van der Waals surface area contributed by atoms with E-state index in [1.165, 1.54) is 0 Å². The molecule has 1 rings (SSSR count). The molecule has 0 aliphatic rings. The van der Waals surface area contributed by atoms with Gasteiger partial charge in [0.1, 0.15) is 0 Å². The van der Waals surface area contributed by atoms with Crippen molar-refractivity contribution in [1.29, 1.82) is 0 Å². The fraction of sp³-hybridized carbons (Fsp3) is 0.308. The van der Waals surface area contributed by atoms with E-state index in [1.54, 1.807) is 31.5 Å². The highest BCUT2D eigenvalue weighted by Gasteiger charge is 2.18. The summed E-state index contributed by atoms with van der Waals surface area (Å²) in [4.78, 5) is 26.8. The third-order valence-electron chi connectivity index (χ3n) is 2.26. The van der Waals surface area contributed by atoms with Crippen molar-refractivity contribution in [2.75, 3.05) is 6.61 Å². The van der Waals surface area contributed by atoms with Gasteiger partial charge in [-0.1, -0.05) is 12.6 Å². The van der Waals surface area contributed by atoms with Crippen LogP contribution in [0.15, 0.2) is 37.2 Å². The maximum absolute atomic E-state index is 11.5. The van der Waals surface area contributed by atoms with Gasteiger partial charge in [-0.2, -0.15) is 0 Å². The maximum atomic E-state index is 11.5. The molecule has 1 aromatic heterocycles. The fourth-order valence-electron chi connectivity index (χ4n) is 1.45. The van der Waals surface area contributed by atoms with Crippen LogP contribution in [0, 0.1) is 0 Å². The largest absolute Gasteiger partial charge is 0.466 e. The van der Waals surface area contributed by atoms with Crippen molar-refractivity contribution in [3.63, 3.8) is 0 Å². The van der Waals surface area contributed by atoms with Gasteiger partial charge < -0.3 is 10.1 Å². The molecule has 5 heteroatoms. The lowest BCUT2D eigenvalue weighted by Crippen LogP contribution is -2.29. The number of nitrogens with zero attached hydrogens (tertiary/aromatic N) is 1. The lowest BCUT2D eigenvalue weighted by molar-refractivity contribution is -0.143. The summed E-state index contributed by atoms with van der Waals surface area (Å²) in [7, 11) is 0. The lowest BCUT2D eigenvalue weighted by atomic mass is 10.1. The molecule has 0 unspecified atom stereocenters. The molecule has 0 saturated heterocycles. The first kappa shape index (κ1) is 13.9. The van der Waals surface area contributed by atoms with E-state index < -0.39 is 6.04 Å². The van der Waals surface area contributed by atoms with Crippen LogP contribution in [0.25, 0.3) is 0 Å². The highest BCUT2D eigenvalue weighted by atomic mass is 16.5. The Morgan fingerprint density at radius 2 is 2.39 bits per heavy atom. The Morgan fingerprint density at radius 1 is 1.61 bits per heavy atom. The smallest absolute Gasteiger partial charge is 0.308 e. The predicted octanol–water partition coefficient (Wildman–Crippen LogP) is 1.38. The normalized spacial score (nSPS) is 11.4. The molecule has 0 radical (unpaired) electrons. The van der Waals surface area contributed by atoms with E-state index in [0.717, 1.165) is 11.6 Å². The zero-order chi connectivity index (χ0) is 13.4. The molecule has 0 saturated carbocycles. The Hall–Kier alpha value is -2.17. The van der Waals surface area contributed by atoms with Gasteiger partial charge in [0, 0.05) is 12.4 Å². The van der Waals surface area contributed by atoms with Crippen molar-refractivity contribution in [2.24, 2.45) is 0 Å². The van der Waals surface area contributed by atoms with E-state index in [0.29, 0.717) is 6.61 Å². The molecule has 0 bridgehead atoms. The van der Waals surface area contributed by atoms with Crippen LogP contribution in [-0.2, 0) is 14.3 Å². The van der Waals surface area contributed by atoms with E-state index in [9.17, 15) is 9.59 Å². The van der Waals surface area contributed by atoms with Crippen molar-refractivity contribution in [3.8, 4) is 0 Å². The number of pyridine rings is 1. The maximum Gasteiger partial charge on any atom is 0.308 e. The van der Waals surface area contributed by atoms with Crippen LogP contribution < -0.4 is 5.32 Å². The van der Waals surface area contributed by atoms with Crippen LogP contribution in [0.4, 0.5) is 0 Å². The van der Waals surface area contributed by atoms with Gasteiger partial charge in [0.15, 0.2) is 0 Å². The summed E-state index contributed by atoms with van der Waals surface area (Å²) in [5, 5.41) is 2.67. The van der Waals surface area contributed by atoms with Crippen LogP contribution in [0.2, 0.25) is 0 Å².